The van der Waals surface area contributed by atoms with Gasteiger partial charge in [-0.2, -0.15) is 11.8 Å². The Bertz CT molecular complexity index is 421. The van der Waals surface area contributed by atoms with Crippen LogP contribution in [0.3, 0.4) is 0 Å². The Balaban J connectivity index is 1.80. The van der Waals surface area contributed by atoms with Crippen molar-refractivity contribution in [1.29, 1.82) is 0 Å². The molecule has 110 valence electrons. The summed E-state index contributed by atoms with van der Waals surface area (Å²) in [6.45, 7) is 5.33. The predicted octanol–water partition coefficient (Wildman–Crippen LogP) is 2.03. The van der Waals surface area contributed by atoms with Crippen molar-refractivity contribution < 1.29 is 0 Å². The third-order valence-electron chi connectivity index (χ3n) is 3.50. The van der Waals surface area contributed by atoms with Gasteiger partial charge in [-0.3, -0.25) is 9.98 Å². The van der Waals surface area contributed by atoms with E-state index < -0.39 is 0 Å². The zero-order chi connectivity index (χ0) is 14.2. The first-order valence-corrected chi connectivity index (χ1v) is 8.35. The summed E-state index contributed by atoms with van der Waals surface area (Å²) < 4.78 is 0. The topological polar surface area (TPSA) is 40.5 Å². The molecule has 1 fully saturated rings. The normalized spacial score (nSPS) is 20.0. The second-order valence-corrected chi connectivity index (χ2v) is 6.30. The van der Waals surface area contributed by atoms with Gasteiger partial charge in [0.1, 0.15) is 0 Å². The number of nitrogens with zero attached hydrogens (tertiary/aromatic N) is 3. The summed E-state index contributed by atoms with van der Waals surface area (Å²) in [4.78, 5) is 11.1. The molecule has 20 heavy (non-hydrogen) atoms. The van der Waals surface area contributed by atoms with Crippen LogP contribution in [0.1, 0.15) is 19.0 Å². The van der Waals surface area contributed by atoms with E-state index in [2.05, 4.69) is 44.9 Å². The highest BCUT2D eigenvalue weighted by atomic mass is 32.2. The Morgan fingerprint density at radius 3 is 3.15 bits per heavy atom. The molecule has 2 rings (SSSR count). The van der Waals surface area contributed by atoms with Crippen LogP contribution in [0.15, 0.2) is 29.4 Å². The lowest BCUT2D eigenvalue weighted by molar-refractivity contribution is 0.408. The van der Waals surface area contributed by atoms with Gasteiger partial charge in [0, 0.05) is 56.0 Å². The molecule has 5 heteroatoms. The van der Waals surface area contributed by atoms with Crippen molar-refractivity contribution >= 4 is 17.7 Å². The van der Waals surface area contributed by atoms with E-state index in [1.54, 1.807) is 0 Å². The lowest BCUT2D eigenvalue weighted by atomic mass is 10.2. The van der Waals surface area contributed by atoms with Crippen LogP contribution in [0.5, 0.6) is 0 Å². The number of hydrogen-bond donors (Lipinski definition) is 1. The number of thioether (sulfide) groups is 1. The van der Waals surface area contributed by atoms with Crippen LogP contribution in [-0.4, -0.2) is 53.5 Å². The van der Waals surface area contributed by atoms with E-state index in [0.29, 0.717) is 0 Å². The van der Waals surface area contributed by atoms with Crippen molar-refractivity contribution in [2.45, 2.75) is 25.0 Å². The van der Waals surface area contributed by atoms with E-state index in [-0.39, 0.29) is 0 Å². The van der Waals surface area contributed by atoms with Crippen LogP contribution < -0.4 is 5.32 Å². The summed E-state index contributed by atoms with van der Waals surface area (Å²) in [6, 6.07) is 6.05. The molecule has 0 amide bonds. The molecule has 0 aliphatic carbocycles. The number of nitrogens with one attached hydrogen (secondary N) is 1. The molecule has 0 bridgehead atoms. The fourth-order valence-electron chi connectivity index (χ4n) is 2.34. The predicted molar refractivity (Wildman–Crippen MR) is 87.4 cm³/mol. The number of aliphatic imine (C=N–C) groups is 1. The number of aromatic nitrogens is 1. The lowest BCUT2D eigenvalue weighted by Gasteiger charge is -2.34. The smallest absolute Gasteiger partial charge is 0.193 e. The van der Waals surface area contributed by atoms with Gasteiger partial charge in [-0.25, -0.2) is 0 Å². The molecule has 1 aromatic heterocycles. The second-order valence-electron chi connectivity index (χ2n) is 4.89. The third-order valence-corrected chi connectivity index (χ3v) is 4.87. The second kappa shape index (κ2) is 8.15. The first-order chi connectivity index (χ1) is 9.83. The van der Waals surface area contributed by atoms with Gasteiger partial charge >= 0.3 is 0 Å². The summed E-state index contributed by atoms with van der Waals surface area (Å²) in [5.41, 5.74) is 1.12. The first-order valence-electron chi connectivity index (χ1n) is 7.30. The molecule has 0 saturated carbocycles. The van der Waals surface area contributed by atoms with Gasteiger partial charge in [-0.1, -0.05) is 13.0 Å². The van der Waals surface area contributed by atoms with Crippen LogP contribution in [0.2, 0.25) is 0 Å². The average Bonchev–Trinajstić information content (AvgIpc) is 2.52. The van der Waals surface area contributed by atoms with Crippen LogP contribution >= 0.6 is 11.8 Å². The highest BCUT2D eigenvalue weighted by Gasteiger charge is 2.21. The molecular weight excluding hydrogens is 268 g/mol. The van der Waals surface area contributed by atoms with Crippen molar-refractivity contribution in [1.82, 2.24) is 15.2 Å². The number of rotatable bonds is 4. The largest absolute Gasteiger partial charge is 0.356 e. The number of pyridine rings is 1. The zero-order valence-corrected chi connectivity index (χ0v) is 13.2. The Morgan fingerprint density at radius 1 is 1.55 bits per heavy atom. The van der Waals surface area contributed by atoms with E-state index >= 15 is 0 Å². The minimum atomic E-state index is 0.734. The summed E-state index contributed by atoms with van der Waals surface area (Å²) in [6.07, 6.45) is 4.00. The minimum absolute atomic E-state index is 0.734. The lowest BCUT2D eigenvalue weighted by Crippen LogP contribution is -2.48. The first kappa shape index (κ1) is 15.2. The number of hydrogen-bond acceptors (Lipinski definition) is 3. The molecule has 1 N–H and O–H groups in total. The number of guanidine groups is 1. The molecule has 2 heterocycles. The molecule has 4 nitrogen and oxygen atoms in total. The van der Waals surface area contributed by atoms with E-state index in [9.17, 15) is 0 Å². The minimum Gasteiger partial charge on any atom is -0.356 e. The summed E-state index contributed by atoms with van der Waals surface area (Å²) in [5, 5.41) is 4.19. The van der Waals surface area contributed by atoms with E-state index in [1.165, 1.54) is 12.2 Å². The average molecular weight is 292 g/mol. The maximum atomic E-state index is 4.41. The maximum Gasteiger partial charge on any atom is 0.193 e. The van der Waals surface area contributed by atoms with Gasteiger partial charge in [-0.05, 0) is 18.6 Å². The van der Waals surface area contributed by atoms with Crippen molar-refractivity contribution in [3.8, 4) is 0 Å². The molecule has 0 radical (unpaired) electrons. The summed E-state index contributed by atoms with van der Waals surface area (Å²) >= 11 is 2.08. The Labute approximate surface area is 126 Å². The van der Waals surface area contributed by atoms with Crippen molar-refractivity contribution in [3.63, 3.8) is 0 Å². The van der Waals surface area contributed by atoms with Crippen LogP contribution in [0.25, 0.3) is 0 Å². The van der Waals surface area contributed by atoms with Crippen LogP contribution in [0, 0.1) is 0 Å². The van der Waals surface area contributed by atoms with Gasteiger partial charge < -0.3 is 10.2 Å². The summed E-state index contributed by atoms with van der Waals surface area (Å²) in [7, 11) is 1.87. The van der Waals surface area contributed by atoms with Gasteiger partial charge in [-0.15, -0.1) is 0 Å². The van der Waals surface area contributed by atoms with E-state index in [0.717, 1.165) is 43.0 Å². The molecule has 0 spiro atoms. The fraction of sp³-hybridized carbons (Fsp3) is 0.600. The van der Waals surface area contributed by atoms with E-state index in [1.807, 2.05) is 25.4 Å². The van der Waals surface area contributed by atoms with Crippen LogP contribution in [0.4, 0.5) is 0 Å². The third kappa shape index (κ3) is 4.40. The van der Waals surface area contributed by atoms with Crippen molar-refractivity contribution in [3.05, 3.63) is 30.1 Å². The zero-order valence-electron chi connectivity index (χ0n) is 12.4. The highest BCUT2D eigenvalue weighted by Crippen LogP contribution is 2.20. The van der Waals surface area contributed by atoms with Crippen molar-refractivity contribution in [2.75, 3.05) is 32.4 Å². The Hall–Kier alpha value is -1.23. The van der Waals surface area contributed by atoms with Gasteiger partial charge in [0.05, 0.1) is 0 Å². The van der Waals surface area contributed by atoms with Gasteiger partial charge in [0.15, 0.2) is 5.96 Å². The quantitative estimate of drug-likeness (QED) is 0.681. The molecule has 1 aliphatic heterocycles. The Kier molecular flexibility index (Phi) is 6.18. The van der Waals surface area contributed by atoms with Gasteiger partial charge in [0.2, 0.25) is 0 Å². The molecule has 1 unspecified atom stereocenters. The SMILES string of the molecule is CCC1CN(C(=NC)NCCc2ccccn2)CCS1. The van der Waals surface area contributed by atoms with Crippen molar-refractivity contribution in [2.24, 2.45) is 4.99 Å². The molecule has 1 aromatic rings. The highest BCUT2D eigenvalue weighted by molar-refractivity contribution is 8.00. The summed E-state index contributed by atoms with van der Waals surface area (Å²) in [5.74, 6) is 2.22. The van der Waals surface area contributed by atoms with E-state index in [4.69, 9.17) is 0 Å². The van der Waals surface area contributed by atoms with Crippen LogP contribution in [-0.2, 0) is 6.42 Å². The molecular formula is C15H24N4S. The van der Waals surface area contributed by atoms with Gasteiger partial charge in [0.25, 0.3) is 0 Å². The molecule has 1 atom stereocenters. The molecule has 0 aromatic carbocycles. The fourth-order valence-corrected chi connectivity index (χ4v) is 3.52. The standard InChI is InChI=1S/C15H24N4S/c1-3-14-12-19(10-11-20-14)15(16-2)18-9-7-13-6-4-5-8-17-13/h4-6,8,14H,3,7,9-12H2,1-2H3,(H,16,18). The monoisotopic (exact) mass is 292 g/mol. The molecule has 1 aliphatic rings. The Morgan fingerprint density at radius 2 is 2.45 bits per heavy atom. The molecule has 1 saturated heterocycles. The maximum absolute atomic E-state index is 4.41.